The molecule has 0 bridgehead atoms. The van der Waals surface area contributed by atoms with Gasteiger partial charge in [0.2, 0.25) is 11.8 Å². The van der Waals surface area contributed by atoms with E-state index in [9.17, 15) is 4.79 Å². The van der Waals surface area contributed by atoms with E-state index >= 15 is 0 Å². The van der Waals surface area contributed by atoms with Crippen molar-refractivity contribution in [2.75, 3.05) is 13.1 Å². The molecular weight excluding hydrogens is 302 g/mol. The fraction of sp³-hybridized carbons (Fsp3) is 0.526. The average Bonchev–Trinajstić information content (AvgIpc) is 3.51. The van der Waals surface area contributed by atoms with Crippen LogP contribution in [0.25, 0.3) is 0 Å². The normalized spacial score (nSPS) is 25.2. The Kier molecular flexibility index (Phi) is 3.05. The molecule has 1 aliphatic heterocycles. The molecule has 3 fully saturated rings. The third kappa shape index (κ3) is 2.34. The lowest BCUT2D eigenvalue weighted by Gasteiger charge is -2.15. The summed E-state index contributed by atoms with van der Waals surface area (Å²) in [6.07, 6.45) is 5.15. The van der Waals surface area contributed by atoms with E-state index in [1.807, 2.05) is 11.0 Å². The molecule has 5 heteroatoms. The number of nitrogens with zero attached hydrogens (tertiary/aromatic N) is 3. The molecule has 1 aromatic heterocycles. The van der Waals surface area contributed by atoms with E-state index in [2.05, 4.69) is 29.4 Å². The maximum absolute atomic E-state index is 12.2. The van der Waals surface area contributed by atoms with Crippen molar-refractivity contribution in [3.63, 3.8) is 0 Å². The summed E-state index contributed by atoms with van der Waals surface area (Å²) in [5, 5.41) is 4.23. The molecule has 2 saturated carbocycles. The van der Waals surface area contributed by atoms with Gasteiger partial charge in [-0.15, -0.1) is 0 Å². The summed E-state index contributed by atoms with van der Waals surface area (Å²) in [6.45, 7) is 1.65. The molecule has 1 aromatic carbocycles. The quantitative estimate of drug-likeness (QED) is 0.849. The first-order chi connectivity index (χ1) is 11.7. The molecule has 0 spiro atoms. The van der Waals surface area contributed by atoms with Crippen LogP contribution >= 0.6 is 0 Å². The van der Waals surface area contributed by atoms with Crippen molar-refractivity contribution in [1.29, 1.82) is 0 Å². The van der Waals surface area contributed by atoms with Gasteiger partial charge in [0.05, 0.1) is 5.41 Å². The summed E-state index contributed by atoms with van der Waals surface area (Å²) in [5.74, 6) is 2.47. The topological polar surface area (TPSA) is 59.2 Å². The van der Waals surface area contributed by atoms with Gasteiger partial charge in [-0.1, -0.05) is 35.5 Å². The Balaban J connectivity index is 1.35. The van der Waals surface area contributed by atoms with Gasteiger partial charge in [0.25, 0.3) is 0 Å². The van der Waals surface area contributed by atoms with Crippen LogP contribution in [0.15, 0.2) is 34.9 Å². The zero-order valence-electron chi connectivity index (χ0n) is 13.6. The highest BCUT2D eigenvalue weighted by Crippen LogP contribution is 2.53. The van der Waals surface area contributed by atoms with E-state index in [4.69, 9.17) is 9.51 Å². The van der Waals surface area contributed by atoms with E-state index in [1.54, 1.807) is 0 Å². The largest absolute Gasteiger partial charge is 0.342 e. The maximum Gasteiger partial charge on any atom is 0.237 e. The maximum atomic E-state index is 12.2. The van der Waals surface area contributed by atoms with E-state index in [0.717, 1.165) is 37.7 Å². The second-order valence-electron chi connectivity index (χ2n) is 7.55. The standard InChI is InChI=1S/C19H21N3O2/c23-16-10-14(12-22(16)11-13-6-7-13)17-20-18(24-21-17)19(8-9-19)15-4-2-1-3-5-15/h1-5,13-14H,6-12H2/t14-/m0/s1. The zero-order chi connectivity index (χ0) is 16.1. The van der Waals surface area contributed by atoms with Gasteiger partial charge >= 0.3 is 0 Å². The minimum atomic E-state index is -0.0944. The lowest BCUT2D eigenvalue weighted by molar-refractivity contribution is -0.127. The van der Waals surface area contributed by atoms with Gasteiger partial charge in [0.1, 0.15) is 0 Å². The number of carbonyl (C=O) groups excluding carboxylic acids is 1. The Morgan fingerprint density at radius 3 is 2.71 bits per heavy atom. The van der Waals surface area contributed by atoms with Crippen molar-refractivity contribution in [2.45, 2.75) is 43.4 Å². The van der Waals surface area contributed by atoms with Gasteiger partial charge in [-0.25, -0.2) is 0 Å². The summed E-state index contributed by atoms with van der Waals surface area (Å²) in [5.41, 5.74) is 1.15. The first-order valence-corrected chi connectivity index (χ1v) is 8.92. The summed E-state index contributed by atoms with van der Waals surface area (Å²) >= 11 is 0. The van der Waals surface area contributed by atoms with Gasteiger partial charge in [-0.2, -0.15) is 4.98 Å². The summed E-state index contributed by atoms with van der Waals surface area (Å²) < 4.78 is 5.63. The van der Waals surface area contributed by atoms with Crippen LogP contribution in [0, 0.1) is 5.92 Å². The van der Waals surface area contributed by atoms with Crippen molar-refractivity contribution in [1.82, 2.24) is 15.0 Å². The predicted molar refractivity (Wildman–Crippen MR) is 87.4 cm³/mol. The molecule has 5 nitrogen and oxygen atoms in total. The fourth-order valence-electron chi connectivity index (χ4n) is 3.84. The molecule has 1 amide bonds. The van der Waals surface area contributed by atoms with Crippen molar-refractivity contribution >= 4 is 5.91 Å². The second kappa shape index (κ2) is 5.16. The fourth-order valence-corrected chi connectivity index (χ4v) is 3.84. The number of amides is 1. The Morgan fingerprint density at radius 1 is 1.21 bits per heavy atom. The highest BCUT2D eigenvalue weighted by atomic mass is 16.5. The van der Waals surface area contributed by atoms with E-state index < -0.39 is 0 Å². The highest BCUT2D eigenvalue weighted by molar-refractivity contribution is 5.79. The molecule has 2 aromatic rings. The van der Waals surface area contributed by atoms with Gasteiger partial charge in [0.15, 0.2) is 5.82 Å². The van der Waals surface area contributed by atoms with Gasteiger partial charge in [-0.05, 0) is 37.2 Å². The van der Waals surface area contributed by atoms with Crippen LogP contribution in [0.3, 0.4) is 0 Å². The van der Waals surface area contributed by atoms with Crippen LogP contribution in [0.1, 0.15) is 55.3 Å². The minimum Gasteiger partial charge on any atom is -0.342 e. The summed E-state index contributed by atoms with van der Waals surface area (Å²) in [4.78, 5) is 18.9. The Bertz CT molecular complexity index is 762. The number of benzene rings is 1. The van der Waals surface area contributed by atoms with Crippen LogP contribution in [-0.2, 0) is 10.2 Å². The predicted octanol–water partition coefficient (Wildman–Crippen LogP) is 2.88. The lowest BCUT2D eigenvalue weighted by atomic mass is 9.96. The number of hydrogen-bond acceptors (Lipinski definition) is 4. The molecule has 1 saturated heterocycles. The van der Waals surface area contributed by atoms with Crippen molar-refractivity contribution in [3.8, 4) is 0 Å². The van der Waals surface area contributed by atoms with E-state index in [1.165, 1.54) is 18.4 Å². The highest BCUT2D eigenvalue weighted by Gasteiger charge is 2.51. The summed E-state index contributed by atoms with van der Waals surface area (Å²) in [6, 6.07) is 10.4. The summed E-state index contributed by atoms with van der Waals surface area (Å²) in [7, 11) is 0. The number of likely N-dealkylation sites (tertiary alicyclic amines) is 1. The molecule has 5 rings (SSSR count). The molecule has 3 aliphatic rings. The Labute approximate surface area is 141 Å². The van der Waals surface area contributed by atoms with Crippen LogP contribution in [-0.4, -0.2) is 34.0 Å². The Morgan fingerprint density at radius 2 is 2.00 bits per heavy atom. The Hall–Kier alpha value is -2.17. The SMILES string of the molecule is O=C1C[C@H](c2noc(C3(c4ccccc4)CC3)n2)CN1CC1CC1. The van der Waals surface area contributed by atoms with Crippen molar-refractivity contribution in [3.05, 3.63) is 47.6 Å². The average molecular weight is 323 g/mol. The van der Waals surface area contributed by atoms with Gasteiger partial charge in [0, 0.05) is 25.4 Å². The van der Waals surface area contributed by atoms with E-state index in [0.29, 0.717) is 12.2 Å². The molecule has 0 radical (unpaired) electrons. The van der Waals surface area contributed by atoms with E-state index in [-0.39, 0.29) is 17.2 Å². The smallest absolute Gasteiger partial charge is 0.237 e. The lowest BCUT2D eigenvalue weighted by Crippen LogP contribution is -2.27. The molecule has 2 aliphatic carbocycles. The molecule has 2 heterocycles. The zero-order valence-corrected chi connectivity index (χ0v) is 13.6. The van der Waals surface area contributed by atoms with Crippen molar-refractivity contribution < 1.29 is 9.32 Å². The molecule has 124 valence electrons. The number of hydrogen-bond donors (Lipinski definition) is 0. The third-order valence-corrected chi connectivity index (χ3v) is 5.68. The van der Waals surface area contributed by atoms with Crippen LogP contribution in [0.4, 0.5) is 0 Å². The molecule has 1 atom stereocenters. The first kappa shape index (κ1) is 14.2. The monoisotopic (exact) mass is 323 g/mol. The molecular formula is C19H21N3O2. The number of carbonyl (C=O) groups is 1. The molecule has 24 heavy (non-hydrogen) atoms. The first-order valence-electron chi connectivity index (χ1n) is 8.92. The van der Waals surface area contributed by atoms with Gasteiger partial charge in [-0.3, -0.25) is 4.79 Å². The molecule has 0 N–H and O–H groups in total. The molecule has 0 unspecified atom stereocenters. The van der Waals surface area contributed by atoms with Crippen LogP contribution in [0.5, 0.6) is 0 Å². The number of aromatic nitrogens is 2. The van der Waals surface area contributed by atoms with Crippen LogP contribution < -0.4 is 0 Å². The van der Waals surface area contributed by atoms with Gasteiger partial charge < -0.3 is 9.42 Å². The number of rotatable bonds is 5. The van der Waals surface area contributed by atoms with Crippen molar-refractivity contribution in [2.24, 2.45) is 5.92 Å². The van der Waals surface area contributed by atoms with Crippen LogP contribution in [0.2, 0.25) is 0 Å². The third-order valence-electron chi connectivity index (χ3n) is 5.68. The minimum absolute atomic E-state index is 0.0836. The second-order valence-corrected chi connectivity index (χ2v) is 7.55.